The van der Waals surface area contributed by atoms with Crippen LogP contribution in [0.4, 0.5) is 0 Å². The Morgan fingerprint density at radius 2 is 1.94 bits per heavy atom. The third-order valence-electron chi connectivity index (χ3n) is 6.28. The van der Waals surface area contributed by atoms with Crippen molar-refractivity contribution < 1.29 is 24.5 Å². The number of amides is 2. The third kappa shape index (κ3) is 5.67. The lowest BCUT2D eigenvalue weighted by Crippen LogP contribution is -2.50. The summed E-state index contributed by atoms with van der Waals surface area (Å²) in [4.78, 5) is 31.3. The number of aliphatic hydroxyl groups excluding tert-OH is 2. The number of nitrogens with one attached hydrogen (secondary N) is 1. The second-order valence-electron chi connectivity index (χ2n) is 8.59. The second kappa shape index (κ2) is 11.5. The Morgan fingerprint density at radius 3 is 2.67 bits per heavy atom. The zero-order valence-electron chi connectivity index (χ0n) is 19.8. The summed E-state index contributed by atoms with van der Waals surface area (Å²) < 4.78 is 5.38. The molecule has 0 saturated carbocycles. The van der Waals surface area contributed by atoms with Crippen LogP contribution in [0.2, 0.25) is 5.02 Å². The molecule has 1 aliphatic rings. The van der Waals surface area contributed by atoms with Crippen molar-refractivity contribution in [2.45, 2.75) is 37.6 Å². The Balaban J connectivity index is 1.35. The molecule has 2 aromatic carbocycles. The number of pyridine rings is 1. The largest absolute Gasteiger partial charge is 0.496 e. The first-order valence-corrected chi connectivity index (χ1v) is 12.0. The van der Waals surface area contributed by atoms with Crippen molar-refractivity contribution in [3.63, 3.8) is 0 Å². The Morgan fingerprint density at radius 1 is 1.14 bits per heavy atom. The van der Waals surface area contributed by atoms with Crippen molar-refractivity contribution in [2.75, 3.05) is 13.7 Å². The van der Waals surface area contributed by atoms with Crippen molar-refractivity contribution in [3.8, 4) is 16.9 Å². The van der Waals surface area contributed by atoms with Gasteiger partial charge in [0, 0.05) is 28.9 Å². The molecule has 36 heavy (non-hydrogen) atoms. The van der Waals surface area contributed by atoms with E-state index < -0.39 is 24.0 Å². The molecule has 2 heterocycles. The number of hydrogen-bond acceptors (Lipinski definition) is 6. The molecule has 4 rings (SSSR count). The maximum atomic E-state index is 12.9. The number of likely N-dealkylation sites (tertiary alicyclic amines) is 1. The van der Waals surface area contributed by atoms with Crippen molar-refractivity contribution in [1.82, 2.24) is 15.2 Å². The molecule has 0 spiro atoms. The van der Waals surface area contributed by atoms with Crippen molar-refractivity contribution >= 4 is 23.4 Å². The van der Waals surface area contributed by atoms with Gasteiger partial charge in [-0.1, -0.05) is 48.0 Å². The van der Waals surface area contributed by atoms with E-state index in [-0.39, 0.29) is 12.6 Å². The van der Waals surface area contributed by atoms with Gasteiger partial charge < -0.3 is 25.2 Å². The second-order valence-corrected chi connectivity index (χ2v) is 9.03. The van der Waals surface area contributed by atoms with E-state index in [1.54, 1.807) is 37.6 Å². The zero-order valence-corrected chi connectivity index (χ0v) is 20.6. The summed E-state index contributed by atoms with van der Waals surface area (Å²) in [5.41, 5.74) is 3.14. The first kappa shape index (κ1) is 25.6. The summed E-state index contributed by atoms with van der Waals surface area (Å²) >= 11 is 6.09. The normalized spacial score (nSPS) is 16.9. The molecular formula is C27H28ClN3O5. The Kier molecular flexibility index (Phi) is 8.20. The van der Waals surface area contributed by atoms with Gasteiger partial charge in [-0.05, 0) is 42.7 Å². The fourth-order valence-electron chi connectivity index (χ4n) is 4.39. The molecule has 3 aromatic rings. The van der Waals surface area contributed by atoms with E-state index in [1.807, 2.05) is 36.4 Å². The van der Waals surface area contributed by atoms with Crippen molar-refractivity contribution in [1.29, 1.82) is 0 Å². The molecule has 0 unspecified atom stereocenters. The maximum Gasteiger partial charge on any atom is 0.255 e. The van der Waals surface area contributed by atoms with Gasteiger partial charge in [0.1, 0.15) is 5.75 Å². The summed E-state index contributed by atoms with van der Waals surface area (Å²) in [7, 11) is 1.60. The van der Waals surface area contributed by atoms with Crippen LogP contribution < -0.4 is 10.1 Å². The number of hydrogen-bond donors (Lipinski definition) is 3. The van der Waals surface area contributed by atoms with E-state index in [4.69, 9.17) is 16.3 Å². The Labute approximate surface area is 214 Å². The number of para-hydroxylation sites is 1. The average Bonchev–Trinajstić information content (AvgIpc) is 3.41. The van der Waals surface area contributed by atoms with Gasteiger partial charge in [-0.15, -0.1) is 0 Å². The molecule has 1 aromatic heterocycles. The third-order valence-corrected chi connectivity index (χ3v) is 6.51. The molecule has 3 atom stereocenters. The molecule has 8 nitrogen and oxygen atoms in total. The van der Waals surface area contributed by atoms with Crippen molar-refractivity contribution in [3.05, 3.63) is 83.1 Å². The number of carbonyl (C=O) groups is 2. The molecule has 188 valence electrons. The van der Waals surface area contributed by atoms with E-state index in [1.165, 1.54) is 4.90 Å². The van der Waals surface area contributed by atoms with Crippen LogP contribution in [0.15, 0.2) is 66.9 Å². The molecule has 9 heteroatoms. The predicted molar refractivity (Wildman–Crippen MR) is 135 cm³/mol. The smallest absolute Gasteiger partial charge is 0.255 e. The maximum absolute atomic E-state index is 12.9. The number of rotatable bonds is 8. The number of nitrogens with zero attached hydrogens (tertiary/aromatic N) is 2. The van der Waals surface area contributed by atoms with E-state index >= 15 is 0 Å². The van der Waals surface area contributed by atoms with Gasteiger partial charge in [0.25, 0.3) is 11.8 Å². The first-order valence-electron chi connectivity index (χ1n) is 11.7. The van der Waals surface area contributed by atoms with Gasteiger partial charge in [-0.25, -0.2) is 0 Å². The van der Waals surface area contributed by atoms with Gasteiger partial charge in [0.15, 0.2) is 12.2 Å². The topological polar surface area (TPSA) is 112 Å². The number of carbonyl (C=O) groups excluding carboxylic acids is 2. The lowest BCUT2D eigenvalue weighted by molar-refractivity contribution is -0.153. The number of aliphatic hydroxyl groups is 2. The molecule has 0 radical (unpaired) electrons. The Hall–Kier alpha value is -3.46. The number of aromatic nitrogens is 1. The number of benzene rings is 2. The van der Waals surface area contributed by atoms with Crippen LogP contribution in [0.3, 0.4) is 0 Å². The van der Waals surface area contributed by atoms with Gasteiger partial charge in [0.2, 0.25) is 0 Å². The molecule has 1 aliphatic heterocycles. The predicted octanol–water partition coefficient (Wildman–Crippen LogP) is 3.11. The van der Waals surface area contributed by atoms with E-state index in [0.717, 1.165) is 28.9 Å². The lowest BCUT2D eigenvalue weighted by atomic mass is 10.0. The highest BCUT2D eigenvalue weighted by Gasteiger charge is 2.38. The molecule has 1 saturated heterocycles. The summed E-state index contributed by atoms with van der Waals surface area (Å²) in [5.74, 6) is -0.831. The van der Waals surface area contributed by atoms with Crippen molar-refractivity contribution in [2.24, 2.45) is 0 Å². The Bertz CT molecular complexity index is 1220. The van der Waals surface area contributed by atoms with E-state index in [9.17, 15) is 19.8 Å². The quantitative estimate of drug-likeness (QED) is 0.430. The zero-order chi connectivity index (χ0) is 25.7. The van der Waals surface area contributed by atoms with Crippen LogP contribution in [0.5, 0.6) is 5.75 Å². The van der Waals surface area contributed by atoms with Gasteiger partial charge in [0.05, 0.1) is 25.4 Å². The number of methoxy groups -OCH3 is 1. The monoisotopic (exact) mass is 509 g/mol. The highest BCUT2D eigenvalue weighted by atomic mass is 35.5. The average molecular weight is 510 g/mol. The number of halogens is 1. The summed E-state index contributed by atoms with van der Waals surface area (Å²) in [6.07, 6.45) is -0.680. The van der Waals surface area contributed by atoms with Crippen LogP contribution in [0, 0.1) is 0 Å². The van der Waals surface area contributed by atoms with E-state index in [2.05, 4.69) is 10.3 Å². The lowest BCUT2D eigenvalue weighted by Gasteiger charge is -2.28. The minimum atomic E-state index is -1.91. The van der Waals surface area contributed by atoms with Gasteiger partial charge >= 0.3 is 0 Å². The van der Waals surface area contributed by atoms with Crippen LogP contribution in [-0.2, 0) is 16.1 Å². The van der Waals surface area contributed by atoms with Crippen LogP contribution in [-0.4, -0.2) is 57.8 Å². The fourth-order valence-corrected chi connectivity index (χ4v) is 4.59. The molecule has 1 fully saturated rings. The van der Waals surface area contributed by atoms with Gasteiger partial charge in [-0.2, -0.15) is 0 Å². The molecular weight excluding hydrogens is 482 g/mol. The number of ether oxygens (including phenoxy) is 1. The summed E-state index contributed by atoms with van der Waals surface area (Å²) in [6, 6.07) is 18.1. The van der Waals surface area contributed by atoms with Crippen LogP contribution in [0.1, 0.15) is 30.1 Å². The minimum absolute atomic E-state index is 0.0257. The highest BCUT2D eigenvalue weighted by Crippen LogP contribution is 2.33. The van der Waals surface area contributed by atoms with E-state index in [0.29, 0.717) is 23.7 Å². The summed E-state index contributed by atoms with van der Waals surface area (Å²) in [5, 5.41) is 24.0. The summed E-state index contributed by atoms with van der Waals surface area (Å²) in [6.45, 7) is 0.446. The molecule has 0 bridgehead atoms. The fraction of sp³-hybridized carbons (Fsp3) is 0.296. The molecule has 0 aliphatic carbocycles. The standard InChI is InChI=1S/C27H28ClN3O5/c1-36-23-10-3-2-8-21(23)18-11-12-20(29-15-18)16-30-26(34)24(32)25(33)27(35)31-13-5-9-22(31)17-6-4-7-19(28)14-17/h2-4,6-8,10-12,14-15,22,24-25,32-33H,5,9,13,16H2,1H3,(H,30,34)/t22-,24-,25-/m1/s1. The van der Waals surface area contributed by atoms with Crippen LogP contribution >= 0.6 is 11.6 Å². The minimum Gasteiger partial charge on any atom is -0.496 e. The molecule has 3 N–H and O–H groups in total. The molecule has 2 amide bonds. The van der Waals surface area contributed by atoms with Gasteiger partial charge in [-0.3, -0.25) is 14.6 Å². The highest BCUT2D eigenvalue weighted by molar-refractivity contribution is 6.30. The SMILES string of the molecule is COc1ccccc1-c1ccc(CNC(=O)[C@H](O)[C@@H](O)C(=O)N2CCC[C@@H]2c2cccc(Cl)c2)nc1. The first-order chi connectivity index (χ1) is 17.4. The van der Waals surface area contributed by atoms with Crippen LogP contribution in [0.25, 0.3) is 11.1 Å².